The minimum atomic E-state index is 0.0380. The van der Waals surface area contributed by atoms with Crippen molar-refractivity contribution < 1.29 is 4.74 Å². The Balaban J connectivity index is 1.06. The van der Waals surface area contributed by atoms with E-state index in [0.29, 0.717) is 0 Å². The minimum Gasteiger partial charge on any atom is -0.485 e. The molecule has 2 heterocycles. The van der Waals surface area contributed by atoms with Crippen molar-refractivity contribution in [2.24, 2.45) is 0 Å². The number of ether oxygens (including phenoxy) is 1. The first kappa shape index (κ1) is 35.3. The van der Waals surface area contributed by atoms with E-state index in [0.717, 1.165) is 29.2 Å². The quantitative estimate of drug-likeness (QED) is 0.160. The van der Waals surface area contributed by atoms with E-state index < -0.39 is 0 Å². The molecular formula is C58H42N2O. The number of rotatable bonds is 7. The second-order valence-electron chi connectivity index (χ2n) is 16.3. The molecule has 0 fully saturated rings. The van der Waals surface area contributed by atoms with Crippen LogP contribution in [0.2, 0.25) is 0 Å². The molecule has 0 spiro atoms. The van der Waals surface area contributed by atoms with Crippen LogP contribution in [0.5, 0.6) is 5.75 Å². The van der Waals surface area contributed by atoms with Crippen molar-refractivity contribution in [3.8, 4) is 39.1 Å². The van der Waals surface area contributed by atoms with E-state index >= 15 is 0 Å². The van der Waals surface area contributed by atoms with Crippen LogP contribution >= 0.6 is 0 Å². The van der Waals surface area contributed by atoms with Crippen molar-refractivity contribution in [1.82, 2.24) is 0 Å². The molecular weight excluding hydrogens is 741 g/mol. The average Bonchev–Trinajstić information content (AvgIpc) is 3.89. The van der Waals surface area contributed by atoms with Gasteiger partial charge in [0.2, 0.25) is 0 Å². The van der Waals surface area contributed by atoms with Gasteiger partial charge >= 0.3 is 0 Å². The maximum atomic E-state index is 6.46. The van der Waals surface area contributed by atoms with Crippen LogP contribution in [0, 0.1) is 0 Å². The zero-order valence-corrected chi connectivity index (χ0v) is 33.6. The van der Waals surface area contributed by atoms with Crippen molar-refractivity contribution in [1.29, 1.82) is 0 Å². The summed E-state index contributed by atoms with van der Waals surface area (Å²) in [5, 5.41) is 2.48. The van der Waals surface area contributed by atoms with E-state index in [9.17, 15) is 0 Å². The molecule has 0 N–H and O–H groups in total. The van der Waals surface area contributed by atoms with Crippen LogP contribution in [0.1, 0.15) is 23.5 Å². The molecule has 12 rings (SSSR count). The molecule has 8 aromatic carbocycles. The van der Waals surface area contributed by atoms with Crippen LogP contribution in [-0.2, 0) is 0 Å². The summed E-state index contributed by atoms with van der Waals surface area (Å²) in [6.07, 6.45) is 16.6. The number of anilines is 5. The molecule has 8 aromatic rings. The van der Waals surface area contributed by atoms with Crippen molar-refractivity contribution >= 4 is 44.8 Å². The van der Waals surface area contributed by atoms with E-state index in [4.69, 9.17) is 4.74 Å². The SMILES string of the molecule is C1=CCC2C(=C1)c1c(N(c3ccc(-c4ccccc4)cc3)c3ccc(-c4ccc5ccc6c(c5c4)C4C=CC=CC4O6)c(-c4ccccc4)c3)cccc1N2c1ccccc1. The summed E-state index contributed by atoms with van der Waals surface area (Å²) in [4.78, 5) is 5.01. The Hall–Kier alpha value is -7.62. The standard InChI is InChI=1S/C58H42N2O/c1-4-15-39(16-5-1)40-29-32-45(33-30-40)59(53-24-14-25-54-58(53)48-21-10-12-23-52(48)60(54)44-19-8-3-9-20-44)46-34-35-47(50(38-46)41-17-6-2-7-18-41)43-28-27-42-31-36-56-57(51(42)37-43)49-22-11-13-26-55(49)61-56/h1-22,24-38,49,52,55H,23H2. The predicted molar refractivity (Wildman–Crippen MR) is 254 cm³/mol. The molecule has 3 atom stereocenters. The molecule has 0 amide bonds. The third kappa shape index (κ3) is 5.96. The Morgan fingerprint density at radius 3 is 2.07 bits per heavy atom. The molecule has 61 heavy (non-hydrogen) atoms. The zero-order chi connectivity index (χ0) is 40.3. The Bertz CT molecular complexity index is 3090. The lowest BCUT2D eigenvalue weighted by Crippen LogP contribution is -2.26. The fraction of sp³-hybridized carbons (Fsp3) is 0.0690. The van der Waals surface area contributed by atoms with Gasteiger partial charge in [0, 0.05) is 34.1 Å². The molecule has 2 aliphatic heterocycles. The van der Waals surface area contributed by atoms with Gasteiger partial charge in [-0.2, -0.15) is 0 Å². The number of nitrogens with zero attached hydrogens (tertiary/aromatic N) is 2. The average molecular weight is 783 g/mol. The highest BCUT2D eigenvalue weighted by Gasteiger charge is 2.38. The molecule has 290 valence electrons. The van der Waals surface area contributed by atoms with E-state index in [2.05, 4.69) is 234 Å². The molecule has 3 unspecified atom stereocenters. The summed E-state index contributed by atoms with van der Waals surface area (Å²) in [7, 11) is 0. The Morgan fingerprint density at radius 2 is 1.25 bits per heavy atom. The number of fused-ring (bicyclic) bond motifs is 8. The predicted octanol–water partition coefficient (Wildman–Crippen LogP) is 15.1. The maximum absolute atomic E-state index is 6.46. The summed E-state index contributed by atoms with van der Waals surface area (Å²) in [6, 6.07) is 66.8. The second-order valence-corrected chi connectivity index (χ2v) is 16.3. The van der Waals surface area contributed by atoms with Gasteiger partial charge in [0.25, 0.3) is 0 Å². The highest BCUT2D eigenvalue weighted by molar-refractivity contribution is 6.02. The van der Waals surface area contributed by atoms with E-state index in [1.165, 1.54) is 72.2 Å². The Morgan fingerprint density at radius 1 is 0.541 bits per heavy atom. The molecule has 0 radical (unpaired) electrons. The Labute approximate surface area is 357 Å². The van der Waals surface area contributed by atoms with Crippen LogP contribution < -0.4 is 14.5 Å². The molecule has 3 heteroatoms. The third-order valence-electron chi connectivity index (χ3n) is 12.9. The lowest BCUT2D eigenvalue weighted by atomic mass is 9.86. The second kappa shape index (κ2) is 14.6. The van der Waals surface area contributed by atoms with Crippen molar-refractivity contribution in [2.45, 2.75) is 24.5 Å². The normalized spacial score (nSPS) is 17.9. The molecule has 4 aliphatic rings. The molecule has 0 saturated carbocycles. The molecule has 2 aliphatic carbocycles. The third-order valence-corrected chi connectivity index (χ3v) is 12.9. The van der Waals surface area contributed by atoms with E-state index in [1.807, 2.05) is 0 Å². The largest absolute Gasteiger partial charge is 0.485 e. The first-order valence-corrected chi connectivity index (χ1v) is 21.3. The van der Waals surface area contributed by atoms with Crippen molar-refractivity contribution in [3.63, 3.8) is 0 Å². The number of hydrogen-bond donors (Lipinski definition) is 0. The van der Waals surface area contributed by atoms with Crippen LogP contribution in [0.15, 0.2) is 225 Å². The van der Waals surface area contributed by atoms with Gasteiger partial charge in [-0.05, 0) is 123 Å². The summed E-state index contributed by atoms with van der Waals surface area (Å²) >= 11 is 0. The van der Waals surface area contributed by atoms with Gasteiger partial charge in [0.1, 0.15) is 11.9 Å². The summed E-state index contributed by atoms with van der Waals surface area (Å²) < 4.78 is 6.46. The van der Waals surface area contributed by atoms with Crippen molar-refractivity contribution in [3.05, 3.63) is 236 Å². The van der Waals surface area contributed by atoms with Gasteiger partial charge in [-0.25, -0.2) is 0 Å². The fourth-order valence-electron chi connectivity index (χ4n) is 10.1. The zero-order valence-electron chi connectivity index (χ0n) is 33.6. The van der Waals surface area contributed by atoms with Gasteiger partial charge in [-0.15, -0.1) is 0 Å². The topological polar surface area (TPSA) is 15.7 Å². The summed E-state index contributed by atoms with van der Waals surface area (Å²) in [5.41, 5.74) is 16.8. The monoisotopic (exact) mass is 782 g/mol. The van der Waals surface area contributed by atoms with Crippen LogP contribution in [0.3, 0.4) is 0 Å². The lowest BCUT2D eigenvalue weighted by molar-refractivity contribution is 0.269. The van der Waals surface area contributed by atoms with Gasteiger partial charge in [-0.3, -0.25) is 0 Å². The van der Waals surface area contributed by atoms with Gasteiger partial charge < -0.3 is 14.5 Å². The number of para-hydroxylation sites is 1. The van der Waals surface area contributed by atoms with Crippen LogP contribution in [-0.4, -0.2) is 12.1 Å². The first-order chi connectivity index (χ1) is 30.3. The van der Waals surface area contributed by atoms with Gasteiger partial charge in [-0.1, -0.05) is 158 Å². The molecule has 3 nitrogen and oxygen atoms in total. The highest BCUT2D eigenvalue weighted by atomic mass is 16.5. The molecule has 0 bridgehead atoms. The molecule has 0 aromatic heterocycles. The van der Waals surface area contributed by atoms with Crippen LogP contribution in [0.25, 0.3) is 49.7 Å². The van der Waals surface area contributed by atoms with E-state index in [-0.39, 0.29) is 18.1 Å². The Kier molecular flexibility index (Phi) is 8.45. The number of benzene rings is 8. The smallest absolute Gasteiger partial charge is 0.128 e. The fourth-order valence-corrected chi connectivity index (χ4v) is 10.1. The maximum Gasteiger partial charge on any atom is 0.128 e. The minimum absolute atomic E-state index is 0.0380. The lowest BCUT2D eigenvalue weighted by Gasteiger charge is -2.29. The van der Waals surface area contributed by atoms with Crippen molar-refractivity contribution in [2.75, 3.05) is 9.80 Å². The van der Waals surface area contributed by atoms with Crippen LogP contribution in [0.4, 0.5) is 28.4 Å². The van der Waals surface area contributed by atoms with Gasteiger partial charge in [0.15, 0.2) is 0 Å². The summed E-state index contributed by atoms with van der Waals surface area (Å²) in [6.45, 7) is 0. The number of hydrogen-bond acceptors (Lipinski definition) is 3. The van der Waals surface area contributed by atoms with E-state index in [1.54, 1.807) is 0 Å². The first-order valence-electron chi connectivity index (χ1n) is 21.3. The highest BCUT2D eigenvalue weighted by Crippen LogP contribution is 2.54. The number of allylic oxidation sites excluding steroid dienone is 4. The van der Waals surface area contributed by atoms with Gasteiger partial charge in [0.05, 0.1) is 17.4 Å². The summed E-state index contributed by atoms with van der Waals surface area (Å²) in [5.74, 6) is 1.19. The molecule has 0 saturated heterocycles.